The minimum absolute atomic E-state index is 0.0293. The lowest BCUT2D eigenvalue weighted by atomic mass is 10.00. The molecule has 0 saturated heterocycles. The molecule has 0 bridgehead atoms. The molecular formula is C29H36N6O5. The summed E-state index contributed by atoms with van der Waals surface area (Å²) in [6.45, 7) is 3.52. The highest BCUT2D eigenvalue weighted by atomic mass is 16.4. The van der Waals surface area contributed by atoms with Gasteiger partial charge in [-0.2, -0.15) is 0 Å². The molecule has 7 N–H and O–H groups in total. The third-order valence-corrected chi connectivity index (χ3v) is 6.39. The second kappa shape index (κ2) is 14.6. The van der Waals surface area contributed by atoms with E-state index in [-0.39, 0.29) is 18.8 Å². The van der Waals surface area contributed by atoms with E-state index >= 15 is 0 Å². The lowest BCUT2D eigenvalue weighted by Crippen LogP contribution is -2.59. The number of nitrogens with zero attached hydrogens (tertiary/aromatic N) is 1. The summed E-state index contributed by atoms with van der Waals surface area (Å²) in [7, 11) is 0. The number of nitrogens with one attached hydrogen (secondary N) is 4. The fourth-order valence-electron chi connectivity index (χ4n) is 4.17. The number of amides is 3. The zero-order valence-electron chi connectivity index (χ0n) is 22.5. The van der Waals surface area contributed by atoms with Gasteiger partial charge in [-0.05, 0) is 23.5 Å². The van der Waals surface area contributed by atoms with Gasteiger partial charge >= 0.3 is 5.97 Å². The van der Waals surface area contributed by atoms with Crippen molar-refractivity contribution < 1.29 is 24.3 Å². The van der Waals surface area contributed by atoms with Gasteiger partial charge in [0.2, 0.25) is 17.7 Å². The van der Waals surface area contributed by atoms with E-state index in [0.717, 1.165) is 11.1 Å². The number of nitrogens with two attached hydrogens (primary N) is 1. The van der Waals surface area contributed by atoms with Gasteiger partial charge in [0.05, 0.1) is 12.4 Å². The Kier molecular flexibility index (Phi) is 11.0. The van der Waals surface area contributed by atoms with Crippen LogP contribution in [0.2, 0.25) is 0 Å². The second-order valence-corrected chi connectivity index (χ2v) is 9.96. The van der Waals surface area contributed by atoms with E-state index < -0.39 is 47.9 Å². The van der Waals surface area contributed by atoms with Gasteiger partial charge in [-0.15, -0.1) is 0 Å². The highest BCUT2D eigenvalue weighted by Crippen LogP contribution is 2.09. The van der Waals surface area contributed by atoms with Crippen molar-refractivity contribution in [2.24, 2.45) is 11.7 Å². The summed E-state index contributed by atoms with van der Waals surface area (Å²) in [4.78, 5) is 58.3. The van der Waals surface area contributed by atoms with Crippen molar-refractivity contribution in [2.75, 3.05) is 0 Å². The smallest absolute Gasteiger partial charge is 0.326 e. The largest absolute Gasteiger partial charge is 0.480 e. The maximum Gasteiger partial charge on any atom is 0.326 e. The molecule has 0 aliphatic heterocycles. The number of benzene rings is 2. The Labute approximate surface area is 233 Å². The standard InChI is InChI=1S/C29H36N6O5/c1-18(2)25(35-26(36)22(30)13-19-9-5-3-6-10-19)28(38)33-23(15-21-16-31-17-32-21)27(37)34-24(29(39)40)14-20-11-7-4-8-12-20/h3-12,16-18,22-25H,13-15,30H2,1-2H3,(H,31,32)(H,33,38)(H,34,37)(H,35,36)(H,39,40). The average Bonchev–Trinajstić information content (AvgIpc) is 3.44. The van der Waals surface area contributed by atoms with Crippen LogP contribution in [0, 0.1) is 5.92 Å². The number of carboxylic acid groups (broad SMARTS) is 1. The summed E-state index contributed by atoms with van der Waals surface area (Å²) in [5.41, 5.74) is 8.29. The Balaban J connectivity index is 1.71. The van der Waals surface area contributed by atoms with Crippen molar-refractivity contribution >= 4 is 23.7 Å². The van der Waals surface area contributed by atoms with Crippen molar-refractivity contribution in [3.05, 3.63) is 90.0 Å². The molecule has 40 heavy (non-hydrogen) atoms. The summed E-state index contributed by atoms with van der Waals surface area (Å²) in [5, 5.41) is 17.7. The van der Waals surface area contributed by atoms with Crippen molar-refractivity contribution in [3.8, 4) is 0 Å². The maximum atomic E-state index is 13.4. The van der Waals surface area contributed by atoms with Crippen LogP contribution in [0.15, 0.2) is 73.2 Å². The first-order chi connectivity index (χ1) is 19.1. The van der Waals surface area contributed by atoms with Crippen LogP contribution in [-0.4, -0.2) is 62.9 Å². The van der Waals surface area contributed by atoms with Gasteiger partial charge in [0.1, 0.15) is 18.1 Å². The number of aromatic nitrogens is 2. The fraction of sp³-hybridized carbons (Fsp3) is 0.345. The highest BCUT2D eigenvalue weighted by molar-refractivity contribution is 5.94. The first-order valence-electron chi connectivity index (χ1n) is 13.1. The van der Waals surface area contributed by atoms with E-state index in [1.807, 2.05) is 36.4 Å². The van der Waals surface area contributed by atoms with Crippen LogP contribution in [0.5, 0.6) is 0 Å². The molecule has 0 saturated carbocycles. The number of aromatic amines is 1. The molecule has 3 rings (SSSR count). The summed E-state index contributed by atoms with van der Waals surface area (Å²) < 4.78 is 0. The lowest BCUT2D eigenvalue weighted by molar-refractivity contribution is -0.142. The van der Waals surface area contributed by atoms with Crippen LogP contribution in [0.4, 0.5) is 0 Å². The summed E-state index contributed by atoms with van der Waals surface area (Å²) in [6.07, 6.45) is 3.34. The number of aliphatic carboxylic acids is 1. The molecule has 212 valence electrons. The van der Waals surface area contributed by atoms with E-state index in [4.69, 9.17) is 5.73 Å². The van der Waals surface area contributed by atoms with Gasteiger partial charge < -0.3 is 31.8 Å². The van der Waals surface area contributed by atoms with Crippen LogP contribution in [0.25, 0.3) is 0 Å². The third-order valence-electron chi connectivity index (χ3n) is 6.39. The van der Waals surface area contributed by atoms with Crippen LogP contribution >= 0.6 is 0 Å². The number of imidazole rings is 1. The number of carbonyl (C=O) groups is 4. The maximum absolute atomic E-state index is 13.4. The van der Waals surface area contributed by atoms with Crippen molar-refractivity contribution in [1.29, 1.82) is 0 Å². The Morgan fingerprint density at radius 2 is 1.38 bits per heavy atom. The quantitative estimate of drug-likeness (QED) is 0.174. The molecule has 0 fully saturated rings. The van der Waals surface area contributed by atoms with E-state index in [1.165, 1.54) is 12.5 Å². The topological polar surface area (TPSA) is 179 Å². The molecule has 11 heteroatoms. The van der Waals surface area contributed by atoms with Gasteiger partial charge in [-0.3, -0.25) is 14.4 Å². The monoisotopic (exact) mass is 548 g/mol. The molecule has 3 amide bonds. The van der Waals surface area contributed by atoms with Crippen molar-refractivity contribution in [1.82, 2.24) is 25.9 Å². The van der Waals surface area contributed by atoms with E-state index in [9.17, 15) is 24.3 Å². The minimum Gasteiger partial charge on any atom is -0.480 e. The van der Waals surface area contributed by atoms with Gasteiger partial charge in [-0.25, -0.2) is 9.78 Å². The van der Waals surface area contributed by atoms with Gasteiger partial charge in [0.25, 0.3) is 0 Å². The SMILES string of the molecule is CC(C)C(NC(=O)C(N)Cc1ccccc1)C(=O)NC(Cc1cnc[nH]1)C(=O)NC(Cc1ccccc1)C(=O)O. The molecule has 4 atom stereocenters. The number of carbonyl (C=O) groups excluding carboxylic acids is 3. The average molecular weight is 549 g/mol. The molecule has 1 aromatic heterocycles. The Morgan fingerprint density at radius 3 is 1.90 bits per heavy atom. The Bertz CT molecular complexity index is 1250. The molecule has 2 aromatic carbocycles. The number of carboxylic acids is 1. The predicted octanol–water partition coefficient (Wildman–Crippen LogP) is 0.960. The first kappa shape index (κ1) is 30.0. The number of H-pyrrole nitrogens is 1. The van der Waals surface area contributed by atoms with Gasteiger partial charge in [0, 0.05) is 24.7 Å². The number of hydrogen-bond acceptors (Lipinski definition) is 6. The van der Waals surface area contributed by atoms with Crippen molar-refractivity contribution in [2.45, 2.75) is 57.3 Å². The fourth-order valence-corrected chi connectivity index (χ4v) is 4.17. The molecule has 0 aliphatic rings. The van der Waals surface area contributed by atoms with Crippen LogP contribution < -0.4 is 21.7 Å². The van der Waals surface area contributed by atoms with Crippen LogP contribution in [-0.2, 0) is 38.4 Å². The van der Waals surface area contributed by atoms with Crippen molar-refractivity contribution in [3.63, 3.8) is 0 Å². The molecular weight excluding hydrogens is 512 g/mol. The molecule has 0 radical (unpaired) electrons. The highest BCUT2D eigenvalue weighted by Gasteiger charge is 2.32. The van der Waals surface area contributed by atoms with Crippen LogP contribution in [0.1, 0.15) is 30.7 Å². The van der Waals surface area contributed by atoms with Gasteiger partial charge in [0.15, 0.2) is 0 Å². The molecule has 4 unspecified atom stereocenters. The molecule has 0 spiro atoms. The molecule has 0 aliphatic carbocycles. The Hall–Kier alpha value is -4.51. The Morgan fingerprint density at radius 1 is 0.800 bits per heavy atom. The molecule has 1 heterocycles. The number of rotatable bonds is 14. The lowest BCUT2D eigenvalue weighted by Gasteiger charge is -2.27. The van der Waals surface area contributed by atoms with E-state index in [0.29, 0.717) is 12.1 Å². The minimum atomic E-state index is -1.22. The van der Waals surface area contributed by atoms with Gasteiger partial charge in [-0.1, -0.05) is 74.5 Å². The van der Waals surface area contributed by atoms with Crippen LogP contribution in [0.3, 0.4) is 0 Å². The third kappa shape index (κ3) is 9.05. The normalized spacial score (nSPS) is 14.0. The summed E-state index contributed by atoms with van der Waals surface area (Å²) in [6, 6.07) is 14.0. The summed E-state index contributed by atoms with van der Waals surface area (Å²) >= 11 is 0. The zero-order chi connectivity index (χ0) is 29.1. The predicted molar refractivity (Wildman–Crippen MR) is 149 cm³/mol. The first-order valence-corrected chi connectivity index (χ1v) is 13.1. The molecule has 11 nitrogen and oxygen atoms in total. The summed E-state index contributed by atoms with van der Waals surface area (Å²) in [5.74, 6) is -3.30. The molecule has 3 aromatic rings. The van der Waals surface area contributed by atoms with E-state index in [2.05, 4.69) is 25.9 Å². The zero-order valence-corrected chi connectivity index (χ0v) is 22.5. The second-order valence-electron chi connectivity index (χ2n) is 9.96. The number of hydrogen-bond donors (Lipinski definition) is 6. The van der Waals surface area contributed by atoms with E-state index in [1.54, 1.807) is 38.1 Å².